The second kappa shape index (κ2) is 3.53. The molecule has 1 N–H and O–H groups in total. The van der Waals surface area contributed by atoms with Gasteiger partial charge in [-0.05, 0) is 47.6 Å². The van der Waals surface area contributed by atoms with Crippen molar-refractivity contribution in [3.63, 3.8) is 0 Å². The van der Waals surface area contributed by atoms with Crippen LogP contribution >= 0.6 is 0 Å². The third kappa shape index (κ3) is 1.65. The van der Waals surface area contributed by atoms with Gasteiger partial charge in [-0.15, -0.1) is 0 Å². The highest BCUT2D eigenvalue weighted by Gasteiger charge is 2.67. The number of carbonyl (C=O) groups excluding carboxylic acids is 2. The molecule has 0 radical (unpaired) electrons. The standard InChI is InChI=1S/C14H20O5/c1-11(2)7-8-9(15)12(3,4)10(16)13(5,6)14(8,17)19-18-11/h7,17H,1-6H3/i14+1. The minimum absolute atomic E-state index is 0.0957. The summed E-state index contributed by atoms with van der Waals surface area (Å²) < 4.78 is 0. The van der Waals surface area contributed by atoms with Gasteiger partial charge >= 0.3 is 0 Å². The molecule has 2 rings (SSSR count). The topological polar surface area (TPSA) is 72.8 Å². The second-order valence-corrected chi connectivity index (χ2v) is 6.88. The summed E-state index contributed by atoms with van der Waals surface area (Å²) in [4.78, 5) is 35.1. The molecule has 1 atom stereocenters. The Morgan fingerprint density at radius 1 is 1.00 bits per heavy atom. The first kappa shape index (κ1) is 14.4. The van der Waals surface area contributed by atoms with Crippen molar-refractivity contribution >= 4 is 11.6 Å². The molecule has 0 amide bonds. The van der Waals surface area contributed by atoms with Gasteiger partial charge in [0.25, 0.3) is 0 Å². The van der Waals surface area contributed by atoms with Crippen molar-refractivity contribution in [2.45, 2.75) is 52.9 Å². The largest absolute Gasteiger partial charge is 0.359 e. The van der Waals surface area contributed by atoms with Crippen LogP contribution in [0.15, 0.2) is 11.6 Å². The molecule has 5 nitrogen and oxygen atoms in total. The Balaban J connectivity index is 2.71. The van der Waals surface area contributed by atoms with E-state index < -0.39 is 28.0 Å². The minimum atomic E-state index is -2.04. The Hall–Kier alpha value is -1.04. The van der Waals surface area contributed by atoms with E-state index >= 15 is 0 Å². The average molecular weight is 269 g/mol. The van der Waals surface area contributed by atoms with Crippen LogP contribution in [0.4, 0.5) is 0 Å². The number of ketones is 2. The van der Waals surface area contributed by atoms with E-state index in [0.717, 1.165) is 0 Å². The molecule has 0 bridgehead atoms. The lowest BCUT2D eigenvalue weighted by atomic mass is 9.66. The maximum Gasteiger partial charge on any atom is 0.240 e. The Kier molecular flexibility index (Phi) is 2.67. The van der Waals surface area contributed by atoms with Crippen LogP contribution in [0.3, 0.4) is 0 Å². The summed E-state index contributed by atoms with van der Waals surface area (Å²) in [5, 5.41) is 10.7. The van der Waals surface area contributed by atoms with E-state index in [1.165, 1.54) is 6.08 Å². The Labute approximate surface area is 112 Å². The summed E-state index contributed by atoms with van der Waals surface area (Å²) in [6, 6.07) is 0. The molecular formula is C14H20O5. The van der Waals surface area contributed by atoms with Gasteiger partial charge in [0.05, 0.1) is 16.4 Å². The molecule has 1 aliphatic heterocycles. The van der Waals surface area contributed by atoms with Crippen LogP contribution in [-0.2, 0) is 19.4 Å². The highest BCUT2D eigenvalue weighted by molar-refractivity contribution is 6.19. The normalized spacial score (nSPS) is 35.6. The monoisotopic (exact) mass is 269 g/mol. The van der Waals surface area contributed by atoms with Gasteiger partial charge in [-0.1, -0.05) is 0 Å². The van der Waals surface area contributed by atoms with Gasteiger partial charge in [0.1, 0.15) is 5.60 Å². The molecule has 1 saturated carbocycles. The lowest BCUT2D eigenvalue weighted by Gasteiger charge is -2.51. The molecule has 0 spiro atoms. The molecule has 19 heavy (non-hydrogen) atoms. The summed E-state index contributed by atoms with van der Waals surface area (Å²) in [5.74, 6) is -2.82. The smallest absolute Gasteiger partial charge is 0.240 e. The van der Waals surface area contributed by atoms with Crippen molar-refractivity contribution in [3.05, 3.63) is 11.6 Å². The third-order valence-corrected chi connectivity index (χ3v) is 4.03. The molecular weight excluding hydrogens is 249 g/mol. The molecule has 1 unspecified atom stereocenters. The molecule has 1 aliphatic carbocycles. The fourth-order valence-electron chi connectivity index (χ4n) is 2.72. The van der Waals surface area contributed by atoms with Gasteiger partial charge in [-0.25, -0.2) is 4.89 Å². The Morgan fingerprint density at radius 2 is 1.53 bits per heavy atom. The van der Waals surface area contributed by atoms with E-state index in [1.54, 1.807) is 41.5 Å². The number of carbonyl (C=O) groups is 2. The molecule has 106 valence electrons. The summed E-state index contributed by atoms with van der Waals surface area (Å²) in [5.41, 5.74) is -3.19. The van der Waals surface area contributed by atoms with Crippen LogP contribution in [0.25, 0.3) is 0 Å². The first-order valence-electron chi connectivity index (χ1n) is 6.28. The molecule has 0 aromatic rings. The van der Waals surface area contributed by atoms with Crippen molar-refractivity contribution in [1.82, 2.24) is 0 Å². The zero-order valence-electron chi connectivity index (χ0n) is 12.2. The molecule has 1 heterocycles. The van der Waals surface area contributed by atoms with Crippen LogP contribution in [-0.4, -0.2) is 28.1 Å². The van der Waals surface area contributed by atoms with Crippen molar-refractivity contribution < 1.29 is 24.5 Å². The number of hydrogen-bond acceptors (Lipinski definition) is 5. The van der Waals surface area contributed by atoms with Crippen molar-refractivity contribution in [1.29, 1.82) is 0 Å². The fourth-order valence-corrected chi connectivity index (χ4v) is 2.72. The summed E-state index contributed by atoms with van der Waals surface area (Å²) in [6.45, 7) is 9.68. The first-order valence-corrected chi connectivity index (χ1v) is 6.28. The molecule has 5 heteroatoms. The molecule has 2 aliphatic rings. The van der Waals surface area contributed by atoms with E-state index in [9.17, 15) is 14.7 Å². The van der Waals surface area contributed by atoms with Crippen LogP contribution < -0.4 is 0 Å². The van der Waals surface area contributed by atoms with Gasteiger partial charge in [0.2, 0.25) is 5.79 Å². The number of rotatable bonds is 0. The van der Waals surface area contributed by atoms with Gasteiger partial charge in [-0.3, -0.25) is 9.59 Å². The number of fused-ring (bicyclic) bond motifs is 1. The number of Topliss-reactive ketones (excluding diaryl/α,β-unsaturated/α-hetero) is 2. The summed E-state index contributed by atoms with van der Waals surface area (Å²) in [6.07, 6.45) is 1.54. The quantitative estimate of drug-likeness (QED) is 0.410. The van der Waals surface area contributed by atoms with E-state index in [4.69, 9.17) is 9.78 Å². The minimum Gasteiger partial charge on any atom is -0.359 e. The van der Waals surface area contributed by atoms with E-state index in [2.05, 4.69) is 0 Å². The zero-order valence-corrected chi connectivity index (χ0v) is 12.2. The van der Waals surface area contributed by atoms with E-state index in [0.29, 0.717) is 0 Å². The lowest BCUT2D eigenvalue weighted by Crippen LogP contribution is -2.66. The Morgan fingerprint density at radius 3 is 2.05 bits per heavy atom. The molecule has 0 aromatic heterocycles. The third-order valence-electron chi connectivity index (χ3n) is 4.03. The first-order chi connectivity index (χ1) is 8.36. The summed E-state index contributed by atoms with van der Waals surface area (Å²) >= 11 is 0. The Bertz CT molecular complexity index is 498. The van der Waals surface area contributed by atoms with Crippen LogP contribution in [0.2, 0.25) is 0 Å². The van der Waals surface area contributed by atoms with Gasteiger partial charge in [-0.2, -0.15) is 4.89 Å². The van der Waals surface area contributed by atoms with Crippen LogP contribution in [0, 0.1) is 10.8 Å². The predicted octanol–water partition coefficient (Wildman–Crippen LogP) is 1.55. The summed E-state index contributed by atoms with van der Waals surface area (Å²) in [7, 11) is 0. The van der Waals surface area contributed by atoms with Crippen molar-refractivity contribution in [2.24, 2.45) is 10.8 Å². The lowest BCUT2D eigenvalue weighted by molar-refractivity contribution is -0.462. The molecule has 0 aromatic carbocycles. The average Bonchev–Trinajstić information content (AvgIpc) is 2.28. The molecule has 1 fully saturated rings. The van der Waals surface area contributed by atoms with Gasteiger partial charge < -0.3 is 5.11 Å². The maximum atomic E-state index is 12.5. The zero-order chi connectivity index (χ0) is 14.9. The highest BCUT2D eigenvalue weighted by Crippen LogP contribution is 2.52. The maximum absolute atomic E-state index is 12.5. The number of hydrogen-bond donors (Lipinski definition) is 1. The van der Waals surface area contributed by atoms with Gasteiger partial charge in [0, 0.05) is 0 Å². The second-order valence-electron chi connectivity index (χ2n) is 6.88. The van der Waals surface area contributed by atoms with Crippen LogP contribution in [0.1, 0.15) is 41.5 Å². The highest BCUT2D eigenvalue weighted by atomic mass is 17.3. The van der Waals surface area contributed by atoms with Crippen molar-refractivity contribution in [3.8, 4) is 0 Å². The van der Waals surface area contributed by atoms with E-state index in [-0.39, 0.29) is 11.4 Å². The van der Waals surface area contributed by atoms with E-state index in [1.807, 2.05) is 0 Å². The van der Waals surface area contributed by atoms with Crippen LogP contribution in [0.5, 0.6) is 0 Å². The molecule has 0 saturated heterocycles. The van der Waals surface area contributed by atoms with Crippen molar-refractivity contribution in [2.75, 3.05) is 0 Å². The predicted molar refractivity (Wildman–Crippen MR) is 66.9 cm³/mol. The number of aliphatic hydroxyl groups is 1. The fraction of sp³-hybridized carbons (Fsp3) is 0.714. The SMILES string of the molecule is CC1(C)C=C2C(=O)C(C)(C)C(=O)C(C)(C)[13C]2(O)OO1. The van der Waals surface area contributed by atoms with Gasteiger partial charge in [0.15, 0.2) is 11.6 Å².